The number of carbonyl (C=O) groups excluding carboxylic acids is 1. The van der Waals surface area contributed by atoms with E-state index in [4.69, 9.17) is 0 Å². The molecule has 4 aliphatic rings. The molecule has 0 aliphatic heterocycles. The first-order valence-electron chi connectivity index (χ1n) is 12.8. The van der Waals surface area contributed by atoms with Crippen molar-refractivity contribution in [2.24, 2.45) is 46.3 Å². The molecular weight excluding hydrogens is 384 g/mol. The Kier molecular flexibility index (Phi) is 6.10. The van der Waals surface area contributed by atoms with Gasteiger partial charge in [-0.1, -0.05) is 39.3 Å². The second-order valence-corrected chi connectivity index (χ2v) is 12.2. The first kappa shape index (κ1) is 23.2. The largest absolute Gasteiger partial charge is 0.393 e. The lowest BCUT2D eigenvalue weighted by atomic mass is 9.53. The highest BCUT2D eigenvalue weighted by molar-refractivity contribution is 6.01. The molecule has 3 fully saturated rings. The molecule has 0 radical (unpaired) electrons. The number of aliphatic hydroxyl groups is 2. The van der Waals surface area contributed by atoms with Crippen LogP contribution in [0, 0.1) is 46.3 Å². The lowest BCUT2D eigenvalue weighted by molar-refractivity contribution is -0.110. The summed E-state index contributed by atoms with van der Waals surface area (Å²) in [5.74, 6) is 3.79. The highest BCUT2D eigenvalue weighted by Crippen LogP contribution is 2.68. The van der Waals surface area contributed by atoms with Gasteiger partial charge in [0.25, 0.3) is 0 Å². The Morgan fingerprint density at radius 3 is 2.52 bits per heavy atom. The summed E-state index contributed by atoms with van der Waals surface area (Å²) in [4.78, 5) is 11.9. The second kappa shape index (κ2) is 8.13. The number of fused-ring (bicyclic) bond motifs is 4. The first-order valence-corrected chi connectivity index (χ1v) is 12.8. The van der Waals surface area contributed by atoms with Gasteiger partial charge in [0.15, 0.2) is 5.78 Å². The summed E-state index contributed by atoms with van der Waals surface area (Å²) >= 11 is 0. The molecule has 0 unspecified atom stereocenters. The topological polar surface area (TPSA) is 57.5 Å². The number of rotatable bonds is 6. The maximum absolute atomic E-state index is 11.9. The van der Waals surface area contributed by atoms with Crippen molar-refractivity contribution in [3.05, 3.63) is 23.8 Å². The van der Waals surface area contributed by atoms with Crippen LogP contribution in [0.3, 0.4) is 0 Å². The molecule has 3 nitrogen and oxygen atoms in total. The smallest absolute Gasteiger partial charge is 0.178 e. The number of ketones is 1. The highest BCUT2D eigenvalue weighted by atomic mass is 16.3. The summed E-state index contributed by atoms with van der Waals surface area (Å²) in [6, 6.07) is 0. The fourth-order valence-electron chi connectivity index (χ4n) is 8.58. The Labute approximate surface area is 189 Å². The number of hydrogen-bond acceptors (Lipinski definition) is 3. The van der Waals surface area contributed by atoms with E-state index in [0.717, 1.165) is 18.3 Å². The monoisotopic (exact) mass is 428 g/mol. The van der Waals surface area contributed by atoms with Crippen LogP contribution in [0.5, 0.6) is 0 Å². The molecule has 174 valence electrons. The van der Waals surface area contributed by atoms with Gasteiger partial charge in [0.1, 0.15) is 0 Å². The predicted octanol–water partition coefficient (Wildman–Crippen LogP) is 5.71. The Morgan fingerprint density at radius 1 is 1.13 bits per heavy atom. The number of hydrogen-bond donors (Lipinski definition) is 2. The van der Waals surface area contributed by atoms with Crippen LogP contribution in [0.25, 0.3) is 0 Å². The molecule has 0 saturated heterocycles. The molecule has 1 spiro atoms. The lowest BCUT2D eigenvalue weighted by Gasteiger charge is -2.51. The molecule has 3 saturated carbocycles. The molecule has 31 heavy (non-hydrogen) atoms. The van der Waals surface area contributed by atoms with E-state index in [-0.39, 0.29) is 23.7 Å². The van der Waals surface area contributed by atoms with Crippen LogP contribution >= 0.6 is 0 Å². The van der Waals surface area contributed by atoms with Gasteiger partial charge >= 0.3 is 0 Å². The number of aliphatic hydroxyl groups excluding tert-OH is 1. The van der Waals surface area contributed by atoms with E-state index in [1.54, 1.807) is 0 Å². The minimum absolute atomic E-state index is 0.0773. The molecule has 0 heterocycles. The van der Waals surface area contributed by atoms with E-state index < -0.39 is 5.60 Å². The predicted molar refractivity (Wildman–Crippen MR) is 125 cm³/mol. The van der Waals surface area contributed by atoms with Crippen LogP contribution in [0.4, 0.5) is 0 Å². The maximum atomic E-state index is 11.9. The van der Waals surface area contributed by atoms with Crippen LogP contribution < -0.4 is 0 Å². The fourth-order valence-corrected chi connectivity index (χ4v) is 8.58. The van der Waals surface area contributed by atoms with Crippen molar-refractivity contribution in [3.63, 3.8) is 0 Å². The van der Waals surface area contributed by atoms with Crippen molar-refractivity contribution in [2.45, 2.75) is 91.6 Å². The maximum Gasteiger partial charge on any atom is 0.178 e. The van der Waals surface area contributed by atoms with Crippen LogP contribution in [-0.4, -0.2) is 28.2 Å². The third kappa shape index (κ3) is 3.59. The first-order chi connectivity index (χ1) is 14.6. The van der Waals surface area contributed by atoms with Crippen molar-refractivity contribution in [1.82, 2.24) is 0 Å². The summed E-state index contributed by atoms with van der Waals surface area (Å²) in [6.45, 7) is 11.0. The Balaban J connectivity index is 1.48. The van der Waals surface area contributed by atoms with E-state index in [0.29, 0.717) is 29.6 Å². The molecule has 0 amide bonds. The van der Waals surface area contributed by atoms with Crippen LogP contribution in [0.1, 0.15) is 86.0 Å². The molecule has 8 atom stereocenters. The summed E-state index contributed by atoms with van der Waals surface area (Å²) in [7, 11) is 0. The van der Waals surface area contributed by atoms with Gasteiger partial charge in [0.05, 0.1) is 12.2 Å². The average molecular weight is 429 g/mol. The van der Waals surface area contributed by atoms with Crippen molar-refractivity contribution in [3.8, 4) is 0 Å². The molecule has 0 bridgehead atoms. The number of allylic oxidation sites excluding steroid dienone is 4. The van der Waals surface area contributed by atoms with Gasteiger partial charge in [-0.2, -0.15) is 0 Å². The van der Waals surface area contributed by atoms with Gasteiger partial charge in [-0.3, -0.25) is 4.79 Å². The summed E-state index contributed by atoms with van der Waals surface area (Å²) in [5.41, 5.74) is 0.888. The molecule has 0 aromatic rings. The number of carbonyl (C=O) groups is 1. The molecule has 0 aromatic heterocycles. The normalized spacial score (nSPS) is 42.5. The zero-order valence-electron chi connectivity index (χ0n) is 20.4. The SMILES string of the molecule is CC1=CC(=O)C=C[C@]12CC[C@H]1[C@@H]3CC[C@H]([C@H](C)CC[C@@](O)(CO)C(C)C)[C@@]3(C)CC[C@@H]12. The van der Waals surface area contributed by atoms with Crippen LogP contribution in [-0.2, 0) is 4.79 Å². The fraction of sp³-hybridized carbons (Fsp3) is 0.821. The molecule has 0 aromatic carbocycles. The molecule has 4 aliphatic carbocycles. The molecule has 4 rings (SSSR count). The van der Waals surface area contributed by atoms with Crippen molar-refractivity contribution in [1.29, 1.82) is 0 Å². The van der Waals surface area contributed by atoms with Crippen LogP contribution in [0.15, 0.2) is 23.8 Å². The van der Waals surface area contributed by atoms with E-state index in [2.05, 4.69) is 26.8 Å². The summed E-state index contributed by atoms with van der Waals surface area (Å²) in [5, 5.41) is 20.6. The summed E-state index contributed by atoms with van der Waals surface area (Å²) < 4.78 is 0. The standard InChI is InChI=1S/C28H44O3/c1-18(2)28(31,17-29)15-8-19(3)23-6-7-24-22-10-14-27(13-9-21(30)16-20(27)4)25(22)11-12-26(23,24)5/h9,13,16,18-19,22-25,29,31H,6-8,10-12,14-15,17H2,1-5H3/t19-,22+,23-,24+,25+,26-,27+,28-/m1/s1. The van der Waals surface area contributed by atoms with E-state index in [1.807, 2.05) is 26.0 Å². The average Bonchev–Trinajstić information content (AvgIpc) is 3.27. The Morgan fingerprint density at radius 2 is 1.87 bits per heavy atom. The van der Waals surface area contributed by atoms with Gasteiger partial charge in [-0.05, 0) is 111 Å². The lowest BCUT2D eigenvalue weighted by Crippen LogP contribution is -2.45. The van der Waals surface area contributed by atoms with Crippen LogP contribution in [0.2, 0.25) is 0 Å². The van der Waals surface area contributed by atoms with Gasteiger partial charge in [-0.15, -0.1) is 0 Å². The zero-order chi connectivity index (χ0) is 22.6. The molecule has 3 heteroatoms. The summed E-state index contributed by atoms with van der Waals surface area (Å²) in [6.07, 6.45) is 15.4. The Bertz CT molecular complexity index is 766. The molecular formula is C28H44O3. The quantitative estimate of drug-likeness (QED) is 0.570. The van der Waals surface area contributed by atoms with Gasteiger partial charge < -0.3 is 10.2 Å². The second-order valence-electron chi connectivity index (χ2n) is 12.2. The van der Waals surface area contributed by atoms with Crippen molar-refractivity contribution < 1.29 is 15.0 Å². The minimum Gasteiger partial charge on any atom is -0.393 e. The van der Waals surface area contributed by atoms with E-state index in [9.17, 15) is 15.0 Å². The Hall–Kier alpha value is -0.930. The van der Waals surface area contributed by atoms with E-state index in [1.165, 1.54) is 44.1 Å². The van der Waals surface area contributed by atoms with Gasteiger partial charge in [0, 0.05) is 5.41 Å². The highest BCUT2D eigenvalue weighted by Gasteiger charge is 2.60. The third-order valence-electron chi connectivity index (χ3n) is 10.8. The van der Waals surface area contributed by atoms with Crippen molar-refractivity contribution >= 4 is 5.78 Å². The van der Waals surface area contributed by atoms with E-state index >= 15 is 0 Å². The van der Waals surface area contributed by atoms with Crippen molar-refractivity contribution in [2.75, 3.05) is 6.61 Å². The molecule has 2 N–H and O–H groups in total. The third-order valence-corrected chi connectivity index (χ3v) is 10.8. The van der Waals surface area contributed by atoms with Gasteiger partial charge in [0.2, 0.25) is 0 Å². The van der Waals surface area contributed by atoms with Gasteiger partial charge in [-0.25, -0.2) is 0 Å². The minimum atomic E-state index is -0.947. The zero-order valence-corrected chi connectivity index (χ0v) is 20.4.